The molecule has 0 N–H and O–H groups in total. The molecule has 0 bridgehead atoms. The fourth-order valence-electron chi connectivity index (χ4n) is 0.241. The second-order valence-electron chi connectivity index (χ2n) is 1.28. The van der Waals surface area contributed by atoms with Gasteiger partial charge in [0.1, 0.15) is 0 Å². The average Bonchev–Trinajstić information content (AvgIpc) is 1.80. The minimum absolute atomic E-state index is 1.50. The fourth-order valence-corrected chi connectivity index (χ4v) is 0.367. The van der Waals surface area contributed by atoms with Crippen LogP contribution in [0.4, 0.5) is 19.2 Å². The molecule has 0 unspecified atom stereocenters. The van der Waals surface area contributed by atoms with E-state index in [1.54, 1.807) is 0 Å². The van der Waals surface area contributed by atoms with Crippen molar-refractivity contribution in [2.75, 3.05) is 0 Å². The molecule has 0 aromatic heterocycles. The maximum absolute atomic E-state index is 10.2. The molecule has 13 heavy (non-hydrogen) atoms. The highest BCUT2D eigenvalue weighted by molar-refractivity contribution is 6.62. The van der Waals surface area contributed by atoms with Crippen molar-refractivity contribution < 1.29 is 33.4 Å². The summed E-state index contributed by atoms with van der Waals surface area (Å²) in [7, 11) is 0. The summed E-state index contributed by atoms with van der Waals surface area (Å²) < 4.78 is 10.6. The zero-order valence-electron chi connectivity index (χ0n) is 5.61. The van der Waals surface area contributed by atoms with Gasteiger partial charge >= 0.3 is 23.2 Å². The number of hydrogen-bond donors (Lipinski definition) is 0. The standard InChI is InChI=1S/C4Cl2O7/c5-1(7)11-3(9)13-4(10)12-2(6)8. The first kappa shape index (κ1) is 11.7. The monoisotopic (exact) mass is 230 g/mol. The van der Waals surface area contributed by atoms with Gasteiger partial charge < -0.3 is 14.2 Å². The van der Waals surface area contributed by atoms with Crippen LogP contribution in [0, 0.1) is 0 Å². The molecular formula is C4Cl2O7. The third-order valence-electron chi connectivity index (χ3n) is 0.494. The molecule has 0 heterocycles. The largest absolute Gasteiger partial charge is 0.527 e. The van der Waals surface area contributed by atoms with Gasteiger partial charge in [-0.1, -0.05) is 0 Å². The Kier molecular flexibility index (Phi) is 4.78. The Labute approximate surface area is 80.4 Å². The first-order valence-corrected chi connectivity index (χ1v) is 3.18. The predicted octanol–water partition coefficient (Wildman–Crippen LogP) is 1.99. The summed E-state index contributed by atoms with van der Waals surface area (Å²) in [4.78, 5) is 40.2. The fraction of sp³-hybridized carbons (Fsp3) is 0. The van der Waals surface area contributed by atoms with E-state index >= 15 is 0 Å². The Morgan fingerprint density at radius 3 is 1.23 bits per heavy atom. The van der Waals surface area contributed by atoms with Gasteiger partial charge in [-0.3, -0.25) is 0 Å². The van der Waals surface area contributed by atoms with Gasteiger partial charge in [-0.15, -0.1) is 0 Å². The molecule has 0 fully saturated rings. The van der Waals surface area contributed by atoms with Crippen molar-refractivity contribution in [2.24, 2.45) is 0 Å². The van der Waals surface area contributed by atoms with E-state index in [1.165, 1.54) is 0 Å². The summed E-state index contributed by atoms with van der Waals surface area (Å²) in [6.45, 7) is 0. The number of carbonyl (C=O) groups excluding carboxylic acids is 4. The van der Waals surface area contributed by atoms with Crippen molar-refractivity contribution in [1.82, 2.24) is 0 Å². The van der Waals surface area contributed by atoms with E-state index in [2.05, 4.69) is 37.4 Å². The normalized spacial score (nSPS) is 8.46. The topological polar surface area (TPSA) is 96.0 Å². The third-order valence-corrected chi connectivity index (χ3v) is 0.648. The zero-order valence-corrected chi connectivity index (χ0v) is 7.13. The van der Waals surface area contributed by atoms with E-state index in [1.807, 2.05) is 0 Å². The lowest BCUT2D eigenvalue weighted by molar-refractivity contribution is 0.0712. The summed E-state index contributed by atoms with van der Waals surface area (Å²) in [5.74, 6) is 0. The van der Waals surface area contributed by atoms with Gasteiger partial charge in [-0.05, 0) is 0 Å². The van der Waals surface area contributed by atoms with Crippen molar-refractivity contribution in [1.29, 1.82) is 0 Å². The van der Waals surface area contributed by atoms with Gasteiger partial charge in [0.2, 0.25) is 0 Å². The molecule has 0 aromatic rings. The molecule has 0 amide bonds. The van der Waals surface area contributed by atoms with Crippen LogP contribution in [-0.2, 0) is 14.2 Å². The molecule has 0 aliphatic heterocycles. The van der Waals surface area contributed by atoms with Gasteiger partial charge in [-0.25, -0.2) is 19.2 Å². The highest BCUT2D eigenvalue weighted by Crippen LogP contribution is 1.96. The molecule has 0 atom stereocenters. The minimum atomic E-state index is -1.73. The van der Waals surface area contributed by atoms with E-state index in [0.29, 0.717) is 0 Å². The van der Waals surface area contributed by atoms with E-state index < -0.39 is 23.2 Å². The van der Waals surface area contributed by atoms with Crippen LogP contribution < -0.4 is 0 Å². The van der Waals surface area contributed by atoms with Crippen LogP contribution in [0.2, 0.25) is 0 Å². The van der Waals surface area contributed by atoms with E-state index in [0.717, 1.165) is 0 Å². The lowest BCUT2D eigenvalue weighted by Crippen LogP contribution is -2.16. The predicted molar refractivity (Wildman–Crippen MR) is 36.5 cm³/mol. The van der Waals surface area contributed by atoms with Crippen LogP contribution in [0.1, 0.15) is 0 Å². The van der Waals surface area contributed by atoms with Crippen molar-refractivity contribution in [2.45, 2.75) is 0 Å². The number of ether oxygens (including phenoxy) is 3. The van der Waals surface area contributed by atoms with Crippen LogP contribution in [-0.4, -0.2) is 23.2 Å². The van der Waals surface area contributed by atoms with Gasteiger partial charge in [-0.2, -0.15) is 0 Å². The lowest BCUT2D eigenvalue weighted by atomic mass is 11.2. The molecule has 0 rings (SSSR count). The number of hydrogen-bond acceptors (Lipinski definition) is 7. The summed E-state index contributed by atoms with van der Waals surface area (Å²) >= 11 is 9.11. The Balaban J connectivity index is 3.85. The Morgan fingerprint density at radius 2 is 1.00 bits per heavy atom. The van der Waals surface area contributed by atoms with Gasteiger partial charge in [0, 0.05) is 23.2 Å². The Bertz CT molecular complexity index is 233. The second kappa shape index (κ2) is 5.33. The van der Waals surface area contributed by atoms with Gasteiger partial charge in [0.15, 0.2) is 0 Å². The lowest BCUT2D eigenvalue weighted by Gasteiger charge is -1.97. The number of halogens is 2. The molecule has 7 nitrogen and oxygen atoms in total. The highest BCUT2D eigenvalue weighted by Gasteiger charge is 2.17. The third kappa shape index (κ3) is 7.04. The van der Waals surface area contributed by atoms with Crippen LogP contribution in [0.15, 0.2) is 0 Å². The van der Waals surface area contributed by atoms with Crippen molar-refractivity contribution in [3.05, 3.63) is 0 Å². The molecule has 9 heteroatoms. The van der Waals surface area contributed by atoms with E-state index in [-0.39, 0.29) is 0 Å². The SMILES string of the molecule is O=C(Cl)OC(=O)OC(=O)OC(=O)Cl. The maximum Gasteiger partial charge on any atom is 0.527 e. The van der Waals surface area contributed by atoms with E-state index in [9.17, 15) is 19.2 Å². The maximum atomic E-state index is 10.2. The van der Waals surface area contributed by atoms with Crippen LogP contribution in [0.3, 0.4) is 0 Å². The van der Waals surface area contributed by atoms with Crippen molar-refractivity contribution in [3.63, 3.8) is 0 Å². The Hall–Kier alpha value is -1.34. The summed E-state index contributed by atoms with van der Waals surface area (Å²) in [5.41, 5.74) is -3.01. The molecule has 0 radical (unpaired) electrons. The Morgan fingerprint density at radius 1 is 0.692 bits per heavy atom. The molecule has 0 saturated carbocycles. The summed E-state index contributed by atoms with van der Waals surface area (Å²) in [6.07, 6.45) is -3.47. The van der Waals surface area contributed by atoms with Crippen LogP contribution in [0.5, 0.6) is 0 Å². The average molecular weight is 231 g/mol. The molecule has 0 aliphatic carbocycles. The number of rotatable bonds is 0. The minimum Gasteiger partial charge on any atom is -0.347 e. The molecular weight excluding hydrogens is 231 g/mol. The van der Waals surface area contributed by atoms with Gasteiger partial charge in [0.25, 0.3) is 0 Å². The molecule has 0 aliphatic rings. The quantitative estimate of drug-likeness (QED) is 0.357. The highest BCUT2D eigenvalue weighted by atomic mass is 35.5. The molecule has 0 saturated heterocycles. The molecule has 0 aromatic carbocycles. The van der Waals surface area contributed by atoms with E-state index in [4.69, 9.17) is 0 Å². The van der Waals surface area contributed by atoms with Crippen LogP contribution >= 0.6 is 23.2 Å². The van der Waals surface area contributed by atoms with Gasteiger partial charge in [0.05, 0.1) is 0 Å². The van der Waals surface area contributed by atoms with Crippen molar-refractivity contribution >= 4 is 46.4 Å². The smallest absolute Gasteiger partial charge is 0.347 e. The zero-order chi connectivity index (χ0) is 10.4. The first-order chi connectivity index (χ1) is 5.91. The number of carbonyl (C=O) groups is 4. The summed E-state index contributed by atoms with van der Waals surface area (Å²) in [6, 6.07) is 0. The van der Waals surface area contributed by atoms with Crippen LogP contribution in [0.25, 0.3) is 0 Å². The first-order valence-electron chi connectivity index (χ1n) is 2.42. The summed E-state index contributed by atoms with van der Waals surface area (Å²) in [5, 5.41) is 0. The second-order valence-corrected chi connectivity index (χ2v) is 1.90. The molecule has 0 spiro atoms. The molecule has 72 valence electrons. The van der Waals surface area contributed by atoms with Crippen molar-refractivity contribution in [3.8, 4) is 0 Å².